The minimum atomic E-state index is 0.323. The molecule has 2 unspecified atom stereocenters. The summed E-state index contributed by atoms with van der Waals surface area (Å²) >= 11 is 0. The van der Waals surface area contributed by atoms with E-state index in [1.54, 1.807) is 0 Å². The van der Waals surface area contributed by atoms with E-state index in [-0.39, 0.29) is 0 Å². The number of nitrogens with one attached hydrogen (secondary N) is 1. The zero-order chi connectivity index (χ0) is 13.3. The van der Waals surface area contributed by atoms with E-state index in [2.05, 4.69) is 41.2 Å². The molecule has 1 saturated heterocycles. The van der Waals surface area contributed by atoms with Gasteiger partial charge in [0.2, 0.25) is 0 Å². The normalized spacial score (nSPS) is 32.4. The lowest BCUT2D eigenvalue weighted by atomic mass is 9.89. The summed E-state index contributed by atoms with van der Waals surface area (Å²) in [7, 11) is 0. The Kier molecular flexibility index (Phi) is 3.59. The van der Waals surface area contributed by atoms with E-state index >= 15 is 0 Å². The molecule has 0 radical (unpaired) electrons. The molecule has 3 heteroatoms. The van der Waals surface area contributed by atoms with E-state index in [4.69, 9.17) is 0 Å². The summed E-state index contributed by atoms with van der Waals surface area (Å²) < 4.78 is 0. The van der Waals surface area contributed by atoms with Crippen molar-refractivity contribution in [3.63, 3.8) is 0 Å². The average Bonchev–Trinajstić information content (AvgIpc) is 3.27. The first kappa shape index (κ1) is 13.1. The maximum atomic E-state index is 4.51. The van der Waals surface area contributed by atoms with Crippen molar-refractivity contribution in [3.8, 4) is 0 Å². The van der Waals surface area contributed by atoms with E-state index in [0.29, 0.717) is 11.6 Å². The van der Waals surface area contributed by atoms with Crippen molar-refractivity contribution in [2.45, 2.75) is 51.2 Å². The van der Waals surface area contributed by atoms with Crippen LogP contribution in [0.15, 0.2) is 24.4 Å². The predicted molar refractivity (Wildman–Crippen MR) is 77.9 cm³/mol. The monoisotopic (exact) mass is 259 g/mol. The van der Waals surface area contributed by atoms with Gasteiger partial charge < -0.3 is 5.32 Å². The van der Waals surface area contributed by atoms with Crippen LogP contribution in [0.1, 0.15) is 38.8 Å². The molecule has 3 rings (SSSR count). The minimum absolute atomic E-state index is 0.323. The molecule has 104 valence electrons. The summed E-state index contributed by atoms with van der Waals surface area (Å²) in [6, 6.07) is 6.87. The standard InChI is InChI=1S/C16H25N3/c1-3-14-10-19(11-15-6-4-5-9-17-15)16(2,12-18-14)13-7-8-13/h4-6,9,13-14,18H,3,7-8,10-12H2,1-2H3. The molecule has 19 heavy (non-hydrogen) atoms. The van der Waals surface area contributed by atoms with E-state index in [1.807, 2.05) is 12.3 Å². The van der Waals surface area contributed by atoms with Crippen molar-refractivity contribution in [1.29, 1.82) is 0 Å². The van der Waals surface area contributed by atoms with Gasteiger partial charge in [0.25, 0.3) is 0 Å². The van der Waals surface area contributed by atoms with Crippen LogP contribution in [-0.2, 0) is 6.54 Å². The Morgan fingerprint density at radius 2 is 2.26 bits per heavy atom. The van der Waals surface area contributed by atoms with Crippen LogP contribution in [0.4, 0.5) is 0 Å². The van der Waals surface area contributed by atoms with Gasteiger partial charge in [0, 0.05) is 37.4 Å². The number of pyridine rings is 1. The average molecular weight is 259 g/mol. The maximum absolute atomic E-state index is 4.51. The van der Waals surface area contributed by atoms with Crippen LogP contribution in [0.25, 0.3) is 0 Å². The van der Waals surface area contributed by atoms with Crippen LogP contribution in [0.2, 0.25) is 0 Å². The summed E-state index contributed by atoms with van der Waals surface area (Å²) in [5.41, 5.74) is 1.52. The highest BCUT2D eigenvalue weighted by Crippen LogP contribution is 2.44. The topological polar surface area (TPSA) is 28.2 Å². The van der Waals surface area contributed by atoms with Crippen molar-refractivity contribution in [3.05, 3.63) is 30.1 Å². The lowest BCUT2D eigenvalue weighted by Crippen LogP contribution is -2.63. The molecular formula is C16H25N3. The quantitative estimate of drug-likeness (QED) is 0.900. The Hall–Kier alpha value is -0.930. The van der Waals surface area contributed by atoms with Crippen molar-refractivity contribution < 1.29 is 0 Å². The lowest BCUT2D eigenvalue weighted by Gasteiger charge is -2.48. The fourth-order valence-electron chi connectivity index (χ4n) is 3.32. The van der Waals surface area contributed by atoms with E-state index in [1.165, 1.54) is 25.0 Å². The van der Waals surface area contributed by atoms with Crippen LogP contribution in [0.5, 0.6) is 0 Å². The SMILES string of the molecule is CCC1CN(Cc2ccccn2)C(C)(C2CC2)CN1. The first-order chi connectivity index (χ1) is 9.22. The van der Waals surface area contributed by atoms with Gasteiger partial charge in [-0.3, -0.25) is 9.88 Å². The van der Waals surface area contributed by atoms with Crippen LogP contribution in [0.3, 0.4) is 0 Å². The number of aromatic nitrogens is 1. The van der Waals surface area contributed by atoms with E-state index in [0.717, 1.165) is 25.6 Å². The van der Waals surface area contributed by atoms with Gasteiger partial charge in [-0.15, -0.1) is 0 Å². The van der Waals surface area contributed by atoms with Gasteiger partial charge in [0.05, 0.1) is 5.69 Å². The van der Waals surface area contributed by atoms with Gasteiger partial charge in [-0.2, -0.15) is 0 Å². The van der Waals surface area contributed by atoms with Crippen LogP contribution in [-0.4, -0.2) is 34.6 Å². The molecular weight excluding hydrogens is 234 g/mol. The fraction of sp³-hybridized carbons (Fsp3) is 0.688. The smallest absolute Gasteiger partial charge is 0.0544 e. The molecule has 2 heterocycles. The largest absolute Gasteiger partial charge is 0.311 e. The molecule has 1 N–H and O–H groups in total. The van der Waals surface area contributed by atoms with E-state index < -0.39 is 0 Å². The highest BCUT2D eigenvalue weighted by molar-refractivity contribution is 5.09. The predicted octanol–water partition coefficient (Wildman–Crippen LogP) is 2.43. The molecule has 0 spiro atoms. The van der Waals surface area contributed by atoms with Gasteiger partial charge in [-0.25, -0.2) is 0 Å². The second-order valence-corrected chi connectivity index (χ2v) is 6.32. The fourth-order valence-corrected chi connectivity index (χ4v) is 3.32. The van der Waals surface area contributed by atoms with Gasteiger partial charge in [-0.05, 0) is 44.2 Å². The molecule has 2 aliphatic rings. The zero-order valence-electron chi connectivity index (χ0n) is 12.1. The highest BCUT2D eigenvalue weighted by Gasteiger charge is 2.47. The summed E-state index contributed by atoms with van der Waals surface area (Å²) in [5, 5.41) is 3.73. The van der Waals surface area contributed by atoms with E-state index in [9.17, 15) is 0 Å². The van der Waals surface area contributed by atoms with Crippen LogP contribution < -0.4 is 5.32 Å². The number of hydrogen-bond acceptors (Lipinski definition) is 3. The third-order valence-corrected chi connectivity index (χ3v) is 4.94. The van der Waals surface area contributed by atoms with Crippen LogP contribution in [0, 0.1) is 5.92 Å². The van der Waals surface area contributed by atoms with Crippen molar-refractivity contribution in [1.82, 2.24) is 15.2 Å². The molecule has 1 aromatic heterocycles. The molecule has 0 amide bonds. The zero-order valence-corrected chi connectivity index (χ0v) is 12.1. The summed E-state index contributed by atoms with van der Waals surface area (Å²) in [6.45, 7) is 7.98. The summed E-state index contributed by atoms with van der Waals surface area (Å²) in [6.07, 6.45) is 5.91. The molecule has 1 aliphatic heterocycles. The number of hydrogen-bond donors (Lipinski definition) is 1. The van der Waals surface area contributed by atoms with Gasteiger partial charge in [0.1, 0.15) is 0 Å². The Balaban J connectivity index is 1.77. The van der Waals surface area contributed by atoms with Gasteiger partial charge in [-0.1, -0.05) is 13.0 Å². The maximum Gasteiger partial charge on any atom is 0.0544 e. The Morgan fingerprint density at radius 1 is 1.42 bits per heavy atom. The van der Waals surface area contributed by atoms with Gasteiger partial charge >= 0.3 is 0 Å². The second kappa shape index (κ2) is 5.22. The lowest BCUT2D eigenvalue weighted by molar-refractivity contribution is 0.0260. The minimum Gasteiger partial charge on any atom is -0.311 e. The number of nitrogens with zero attached hydrogens (tertiary/aromatic N) is 2. The van der Waals surface area contributed by atoms with Crippen LogP contribution >= 0.6 is 0 Å². The third kappa shape index (κ3) is 2.67. The summed E-state index contributed by atoms with van der Waals surface area (Å²) in [5.74, 6) is 0.876. The first-order valence-corrected chi connectivity index (χ1v) is 7.60. The third-order valence-electron chi connectivity index (χ3n) is 4.94. The molecule has 2 atom stereocenters. The molecule has 3 nitrogen and oxygen atoms in total. The van der Waals surface area contributed by atoms with Crippen molar-refractivity contribution >= 4 is 0 Å². The second-order valence-electron chi connectivity index (χ2n) is 6.32. The van der Waals surface area contributed by atoms with Crippen molar-refractivity contribution in [2.75, 3.05) is 13.1 Å². The molecule has 1 aromatic rings. The first-order valence-electron chi connectivity index (χ1n) is 7.60. The Morgan fingerprint density at radius 3 is 2.89 bits per heavy atom. The molecule has 2 fully saturated rings. The molecule has 0 bridgehead atoms. The molecule has 1 aliphatic carbocycles. The summed E-state index contributed by atoms with van der Waals surface area (Å²) in [4.78, 5) is 7.19. The number of rotatable bonds is 4. The molecule has 0 aromatic carbocycles. The molecule has 1 saturated carbocycles. The Bertz CT molecular complexity index is 415. The number of piperazine rings is 1. The highest BCUT2D eigenvalue weighted by atomic mass is 15.3. The van der Waals surface area contributed by atoms with Crippen molar-refractivity contribution in [2.24, 2.45) is 5.92 Å². The Labute approximate surface area is 116 Å². The van der Waals surface area contributed by atoms with Gasteiger partial charge in [0.15, 0.2) is 0 Å².